The van der Waals surface area contributed by atoms with Crippen molar-refractivity contribution in [2.75, 3.05) is 17.4 Å². The van der Waals surface area contributed by atoms with Crippen LogP contribution in [0.5, 0.6) is 0 Å². The van der Waals surface area contributed by atoms with Crippen LogP contribution < -0.4 is 9.62 Å². The van der Waals surface area contributed by atoms with Gasteiger partial charge in [-0.05, 0) is 73.9 Å². The predicted molar refractivity (Wildman–Crippen MR) is 166 cm³/mol. The summed E-state index contributed by atoms with van der Waals surface area (Å²) in [6, 6.07) is 27.3. The van der Waals surface area contributed by atoms with Crippen molar-refractivity contribution in [3.8, 4) is 0 Å². The zero-order valence-electron chi connectivity index (χ0n) is 24.5. The number of rotatable bonds is 12. The molecule has 0 aliphatic carbocycles. The molecule has 1 N–H and O–H groups in total. The Balaban J connectivity index is 1.80. The maximum Gasteiger partial charge on any atom is 0.264 e. The highest BCUT2D eigenvalue weighted by Gasteiger charge is 2.34. The third-order valence-corrected chi connectivity index (χ3v) is 9.01. The first-order chi connectivity index (χ1) is 20.6. The van der Waals surface area contributed by atoms with Gasteiger partial charge in [0.05, 0.1) is 10.6 Å². The van der Waals surface area contributed by atoms with Crippen LogP contribution in [0.4, 0.5) is 10.1 Å². The standard InChI is InChI=1S/C34H36FN3O4S/c1-4-36-34(40)32(22-27-11-6-5-7-12-27)37(23-28-13-9-8-10-26(28)3)33(39)24-38(30-18-14-25(2)15-19-30)43(41,42)31-20-16-29(35)17-21-31/h5-21,32H,4,22-24H2,1-3H3,(H,36,40)/t32-/m1/s1. The first-order valence-electron chi connectivity index (χ1n) is 14.1. The fourth-order valence-corrected chi connectivity index (χ4v) is 6.20. The maximum absolute atomic E-state index is 14.4. The maximum atomic E-state index is 14.4. The van der Waals surface area contributed by atoms with Crippen LogP contribution in [0.25, 0.3) is 0 Å². The summed E-state index contributed by atoms with van der Waals surface area (Å²) < 4.78 is 42.6. The molecule has 0 aromatic heterocycles. The molecule has 0 saturated heterocycles. The second-order valence-electron chi connectivity index (χ2n) is 10.3. The zero-order valence-corrected chi connectivity index (χ0v) is 25.4. The van der Waals surface area contributed by atoms with Crippen molar-refractivity contribution in [3.05, 3.63) is 131 Å². The van der Waals surface area contributed by atoms with Crippen molar-refractivity contribution in [2.24, 2.45) is 0 Å². The van der Waals surface area contributed by atoms with Gasteiger partial charge in [0, 0.05) is 19.5 Å². The van der Waals surface area contributed by atoms with Crippen molar-refractivity contribution in [1.29, 1.82) is 0 Å². The van der Waals surface area contributed by atoms with E-state index in [2.05, 4.69) is 5.32 Å². The van der Waals surface area contributed by atoms with Gasteiger partial charge in [0.1, 0.15) is 18.4 Å². The van der Waals surface area contributed by atoms with E-state index in [-0.39, 0.29) is 29.5 Å². The fraction of sp³-hybridized carbons (Fsp3) is 0.235. The Bertz CT molecular complexity index is 1640. The summed E-state index contributed by atoms with van der Waals surface area (Å²) in [5.41, 5.74) is 3.81. The fourth-order valence-electron chi connectivity index (χ4n) is 4.79. The highest BCUT2D eigenvalue weighted by molar-refractivity contribution is 7.92. The molecule has 9 heteroatoms. The Morgan fingerprint density at radius 3 is 2.09 bits per heavy atom. The molecular formula is C34H36FN3O4S. The van der Waals surface area contributed by atoms with Crippen molar-refractivity contribution >= 4 is 27.5 Å². The van der Waals surface area contributed by atoms with Gasteiger partial charge >= 0.3 is 0 Å². The summed E-state index contributed by atoms with van der Waals surface area (Å²) in [5, 5.41) is 2.85. The average molecular weight is 602 g/mol. The van der Waals surface area contributed by atoms with Gasteiger partial charge < -0.3 is 10.2 Å². The summed E-state index contributed by atoms with van der Waals surface area (Å²) in [6.45, 7) is 5.49. The van der Waals surface area contributed by atoms with E-state index >= 15 is 0 Å². The molecule has 43 heavy (non-hydrogen) atoms. The highest BCUT2D eigenvalue weighted by Crippen LogP contribution is 2.26. The summed E-state index contributed by atoms with van der Waals surface area (Å²) in [5.74, 6) is -1.47. The number of hydrogen-bond acceptors (Lipinski definition) is 4. The molecule has 0 aliphatic rings. The topological polar surface area (TPSA) is 86.8 Å². The van der Waals surface area contributed by atoms with Gasteiger partial charge in [-0.15, -0.1) is 0 Å². The van der Waals surface area contributed by atoms with Crippen LogP contribution in [0.15, 0.2) is 108 Å². The minimum absolute atomic E-state index is 0.0957. The number of amides is 2. The number of halogens is 1. The number of nitrogens with one attached hydrogen (secondary N) is 1. The molecule has 4 rings (SSSR count). The number of aryl methyl sites for hydroxylation is 2. The van der Waals surface area contributed by atoms with Gasteiger partial charge in [-0.25, -0.2) is 12.8 Å². The predicted octanol–water partition coefficient (Wildman–Crippen LogP) is 5.41. The molecule has 2 amide bonds. The smallest absolute Gasteiger partial charge is 0.264 e. The summed E-state index contributed by atoms with van der Waals surface area (Å²) in [6.07, 6.45) is 0.236. The Hall–Kier alpha value is -4.50. The van der Waals surface area contributed by atoms with Crippen molar-refractivity contribution in [3.63, 3.8) is 0 Å². The number of carbonyl (C=O) groups is 2. The molecule has 4 aromatic carbocycles. The summed E-state index contributed by atoms with van der Waals surface area (Å²) in [7, 11) is -4.29. The molecule has 7 nitrogen and oxygen atoms in total. The van der Waals surface area contributed by atoms with E-state index in [1.165, 1.54) is 17.0 Å². The molecule has 0 aliphatic heterocycles. The largest absolute Gasteiger partial charge is 0.355 e. The van der Waals surface area contributed by atoms with Gasteiger partial charge in [-0.2, -0.15) is 0 Å². The molecule has 0 fully saturated rings. The molecule has 0 unspecified atom stereocenters. The first-order valence-corrected chi connectivity index (χ1v) is 15.5. The molecule has 0 spiro atoms. The zero-order chi connectivity index (χ0) is 31.0. The number of nitrogens with zero attached hydrogens (tertiary/aromatic N) is 2. The number of hydrogen-bond donors (Lipinski definition) is 1. The lowest BCUT2D eigenvalue weighted by molar-refractivity contribution is -0.140. The molecule has 0 saturated carbocycles. The Morgan fingerprint density at radius 2 is 1.47 bits per heavy atom. The third-order valence-electron chi connectivity index (χ3n) is 7.23. The molecule has 0 bridgehead atoms. The second-order valence-corrected chi connectivity index (χ2v) is 12.2. The van der Waals surface area contributed by atoms with E-state index in [9.17, 15) is 22.4 Å². The highest BCUT2D eigenvalue weighted by atomic mass is 32.2. The molecular weight excluding hydrogens is 565 g/mol. The van der Waals surface area contributed by atoms with Gasteiger partial charge in [0.25, 0.3) is 10.0 Å². The van der Waals surface area contributed by atoms with E-state index in [1.807, 2.05) is 68.4 Å². The number of anilines is 1. The van der Waals surface area contributed by atoms with E-state index in [4.69, 9.17) is 0 Å². The number of likely N-dealkylation sites (N-methyl/N-ethyl adjacent to an activating group) is 1. The Kier molecular flexibility index (Phi) is 10.3. The summed E-state index contributed by atoms with van der Waals surface area (Å²) in [4.78, 5) is 29.2. The van der Waals surface area contributed by atoms with E-state index < -0.39 is 34.3 Å². The first kappa shape index (κ1) is 31.4. The lowest BCUT2D eigenvalue weighted by Crippen LogP contribution is -2.53. The van der Waals surface area contributed by atoms with Crippen LogP contribution in [0.2, 0.25) is 0 Å². The van der Waals surface area contributed by atoms with Crippen LogP contribution in [0.1, 0.15) is 29.2 Å². The van der Waals surface area contributed by atoms with Crippen LogP contribution >= 0.6 is 0 Å². The quantitative estimate of drug-likeness (QED) is 0.235. The van der Waals surface area contributed by atoms with Crippen molar-refractivity contribution in [1.82, 2.24) is 10.2 Å². The van der Waals surface area contributed by atoms with Gasteiger partial charge in [0.2, 0.25) is 11.8 Å². The monoisotopic (exact) mass is 601 g/mol. The van der Waals surface area contributed by atoms with Crippen LogP contribution in [0, 0.1) is 19.7 Å². The van der Waals surface area contributed by atoms with E-state index in [0.29, 0.717) is 6.54 Å². The molecule has 1 atom stereocenters. The normalized spacial score (nSPS) is 11.9. The Labute approximate surface area is 253 Å². The number of carbonyl (C=O) groups excluding carboxylic acids is 2. The van der Waals surface area contributed by atoms with E-state index in [0.717, 1.165) is 38.7 Å². The van der Waals surface area contributed by atoms with E-state index in [1.54, 1.807) is 31.2 Å². The van der Waals surface area contributed by atoms with Crippen molar-refractivity contribution < 1.29 is 22.4 Å². The number of benzene rings is 4. The van der Waals surface area contributed by atoms with Gasteiger partial charge in [-0.1, -0.05) is 72.3 Å². The average Bonchev–Trinajstić information content (AvgIpc) is 3.00. The van der Waals surface area contributed by atoms with Gasteiger partial charge in [-0.3, -0.25) is 13.9 Å². The molecule has 0 radical (unpaired) electrons. The molecule has 0 heterocycles. The lowest BCUT2D eigenvalue weighted by Gasteiger charge is -2.34. The van der Waals surface area contributed by atoms with Crippen molar-refractivity contribution in [2.45, 2.75) is 44.7 Å². The van der Waals surface area contributed by atoms with Crippen LogP contribution in [-0.4, -0.2) is 44.3 Å². The minimum Gasteiger partial charge on any atom is -0.355 e. The number of sulfonamides is 1. The lowest BCUT2D eigenvalue weighted by atomic mass is 10.0. The summed E-state index contributed by atoms with van der Waals surface area (Å²) >= 11 is 0. The van der Waals surface area contributed by atoms with Crippen LogP contribution in [-0.2, 0) is 32.6 Å². The second kappa shape index (κ2) is 14.1. The SMILES string of the molecule is CCNC(=O)[C@@H](Cc1ccccc1)N(Cc1ccccc1C)C(=O)CN(c1ccc(C)cc1)S(=O)(=O)c1ccc(F)cc1. The molecule has 224 valence electrons. The molecule has 4 aromatic rings. The third kappa shape index (κ3) is 7.87. The van der Waals surface area contributed by atoms with Gasteiger partial charge in [0.15, 0.2) is 0 Å². The minimum atomic E-state index is -4.29. The Morgan fingerprint density at radius 1 is 0.837 bits per heavy atom. The van der Waals surface area contributed by atoms with Crippen LogP contribution in [0.3, 0.4) is 0 Å².